The molecule has 2 rings (SSSR count). The highest BCUT2D eigenvalue weighted by molar-refractivity contribution is 6.23. The lowest BCUT2D eigenvalue weighted by Crippen LogP contribution is -2.31. The van der Waals surface area contributed by atoms with Gasteiger partial charge in [-0.05, 0) is 18.1 Å². The second kappa shape index (κ2) is 7.49. The van der Waals surface area contributed by atoms with Crippen molar-refractivity contribution in [1.29, 1.82) is 0 Å². The molecule has 1 unspecified atom stereocenters. The van der Waals surface area contributed by atoms with Gasteiger partial charge in [0.15, 0.2) is 11.7 Å². The molecule has 2 aromatic rings. The Bertz CT molecular complexity index is 718. The van der Waals surface area contributed by atoms with Gasteiger partial charge in [0.1, 0.15) is 0 Å². The van der Waals surface area contributed by atoms with Crippen LogP contribution in [0.1, 0.15) is 17.3 Å². The Labute approximate surface area is 135 Å². The zero-order valence-corrected chi connectivity index (χ0v) is 13.4. The number of ether oxygens (including phenoxy) is 1. The van der Waals surface area contributed by atoms with E-state index >= 15 is 0 Å². The summed E-state index contributed by atoms with van der Waals surface area (Å²) in [5.74, 6) is -1.89. The molecular weight excluding hydrogens is 290 g/mol. The van der Waals surface area contributed by atoms with Gasteiger partial charge in [-0.1, -0.05) is 54.6 Å². The second-order valence-corrected chi connectivity index (χ2v) is 5.13. The molecule has 118 valence electrons. The van der Waals surface area contributed by atoms with E-state index in [1.807, 2.05) is 42.5 Å². The summed E-state index contributed by atoms with van der Waals surface area (Å²) in [7, 11) is 2.82. The maximum atomic E-state index is 12.6. The lowest BCUT2D eigenvalue weighted by Gasteiger charge is -2.13. The molecule has 0 aliphatic rings. The van der Waals surface area contributed by atoms with Gasteiger partial charge in [0, 0.05) is 18.3 Å². The van der Waals surface area contributed by atoms with E-state index in [1.165, 1.54) is 7.11 Å². The highest BCUT2D eigenvalue weighted by Gasteiger charge is 2.31. The minimum Gasteiger partial charge on any atom is -0.468 e. The topological polar surface area (TPSA) is 55.7 Å². The Morgan fingerprint density at radius 2 is 1.52 bits per heavy atom. The highest BCUT2D eigenvalue weighted by atomic mass is 16.5. The zero-order chi connectivity index (χ0) is 16.8. The Morgan fingerprint density at radius 1 is 0.957 bits per heavy atom. The van der Waals surface area contributed by atoms with Crippen molar-refractivity contribution in [2.24, 2.45) is 10.9 Å². The van der Waals surface area contributed by atoms with Crippen molar-refractivity contribution in [3.05, 3.63) is 60.2 Å². The largest absolute Gasteiger partial charge is 0.468 e. The van der Waals surface area contributed by atoms with Crippen LogP contribution in [-0.4, -0.2) is 31.6 Å². The quantitative estimate of drug-likeness (QED) is 0.368. The van der Waals surface area contributed by atoms with Crippen molar-refractivity contribution < 1.29 is 14.3 Å². The molecule has 4 heteroatoms. The fraction of sp³-hybridized carbons (Fsp3) is 0.211. The van der Waals surface area contributed by atoms with Crippen LogP contribution in [0.15, 0.2) is 59.6 Å². The van der Waals surface area contributed by atoms with Gasteiger partial charge in [0.25, 0.3) is 0 Å². The molecular formula is C19H19NO3. The first-order chi connectivity index (χ1) is 11.1. The Hall–Kier alpha value is -2.75. The number of rotatable bonds is 5. The van der Waals surface area contributed by atoms with Crippen LogP contribution < -0.4 is 0 Å². The standard InChI is InChI=1S/C19H19NO3/c1-13(20-2)17(19(22)23-3)18(21)16-11-9-15(10-12-16)14-7-5-4-6-8-14/h4-12,17H,1-3H3. The van der Waals surface area contributed by atoms with Crippen molar-refractivity contribution in [2.75, 3.05) is 14.2 Å². The minimum absolute atomic E-state index is 0.306. The number of carbonyl (C=O) groups excluding carboxylic acids is 2. The van der Waals surface area contributed by atoms with E-state index in [1.54, 1.807) is 26.1 Å². The van der Waals surface area contributed by atoms with Crippen molar-refractivity contribution in [3.8, 4) is 11.1 Å². The SMILES string of the molecule is CN=C(C)C(C(=O)OC)C(=O)c1ccc(-c2ccccc2)cc1. The van der Waals surface area contributed by atoms with E-state index in [2.05, 4.69) is 4.99 Å². The first-order valence-corrected chi connectivity index (χ1v) is 7.29. The fourth-order valence-corrected chi connectivity index (χ4v) is 2.34. The molecule has 0 aliphatic heterocycles. The molecule has 0 aliphatic carbocycles. The van der Waals surface area contributed by atoms with Gasteiger partial charge in [-0.2, -0.15) is 0 Å². The summed E-state index contributed by atoms with van der Waals surface area (Å²) < 4.78 is 4.73. The molecule has 2 aromatic carbocycles. The lowest BCUT2D eigenvalue weighted by molar-refractivity contribution is -0.141. The van der Waals surface area contributed by atoms with E-state index in [9.17, 15) is 9.59 Å². The summed E-state index contributed by atoms with van der Waals surface area (Å²) in [4.78, 5) is 28.5. The van der Waals surface area contributed by atoms with Crippen LogP contribution in [0.4, 0.5) is 0 Å². The molecule has 0 N–H and O–H groups in total. The summed E-state index contributed by atoms with van der Waals surface area (Å²) in [5, 5.41) is 0. The number of nitrogens with zero attached hydrogens (tertiary/aromatic N) is 1. The number of Topliss-reactive ketones (excluding diaryl/α,β-unsaturated/α-hetero) is 1. The molecule has 0 aromatic heterocycles. The molecule has 4 nitrogen and oxygen atoms in total. The predicted molar refractivity (Wildman–Crippen MR) is 90.7 cm³/mol. The van der Waals surface area contributed by atoms with Crippen molar-refractivity contribution in [3.63, 3.8) is 0 Å². The highest BCUT2D eigenvalue weighted by Crippen LogP contribution is 2.21. The third-order valence-corrected chi connectivity index (χ3v) is 3.75. The van der Waals surface area contributed by atoms with Gasteiger partial charge in [-0.3, -0.25) is 14.6 Å². The van der Waals surface area contributed by atoms with E-state index in [0.29, 0.717) is 11.3 Å². The maximum absolute atomic E-state index is 12.6. The van der Waals surface area contributed by atoms with Crippen LogP contribution >= 0.6 is 0 Å². The number of hydrogen-bond donors (Lipinski definition) is 0. The van der Waals surface area contributed by atoms with Gasteiger partial charge in [-0.15, -0.1) is 0 Å². The van der Waals surface area contributed by atoms with Crippen LogP contribution in [0.3, 0.4) is 0 Å². The Morgan fingerprint density at radius 3 is 2.04 bits per heavy atom. The second-order valence-electron chi connectivity index (χ2n) is 5.13. The first-order valence-electron chi connectivity index (χ1n) is 7.29. The van der Waals surface area contributed by atoms with E-state index in [-0.39, 0.29) is 5.78 Å². The third-order valence-electron chi connectivity index (χ3n) is 3.75. The average molecular weight is 309 g/mol. The summed E-state index contributed by atoms with van der Waals surface area (Å²) in [5.41, 5.74) is 2.98. The molecule has 0 saturated heterocycles. The van der Waals surface area contributed by atoms with Gasteiger partial charge >= 0.3 is 5.97 Å². The fourth-order valence-electron chi connectivity index (χ4n) is 2.34. The van der Waals surface area contributed by atoms with Crippen LogP contribution in [0.2, 0.25) is 0 Å². The smallest absolute Gasteiger partial charge is 0.322 e. The monoisotopic (exact) mass is 309 g/mol. The summed E-state index contributed by atoms with van der Waals surface area (Å²) in [6, 6.07) is 17.1. The van der Waals surface area contributed by atoms with Crippen molar-refractivity contribution >= 4 is 17.5 Å². The van der Waals surface area contributed by atoms with Gasteiger partial charge in [-0.25, -0.2) is 0 Å². The average Bonchev–Trinajstić information content (AvgIpc) is 2.62. The van der Waals surface area contributed by atoms with E-state index in [4.69, 9.17) is 4.74 Å². The predicted octanol–water partition coefficient (Wildman–Crippen LogP) is 3.42. The number of benzene rings is 2. The summed E-state index contributed by atoms with van der Waals surface area (Å²) in [6.07, 6.45) is 0. The molecule has 0 bridgehead atoms. The van der Waals surface area contributed by atoms with E-state index in [0.717, 1.165) is 11.1 Å². The number of hydrogen-bond acceptors (Lipinski definition) is 4. The lowest BCUT2D eigenvalue weighted by atomic mass is 9.92. The van der Waals surface area contributed by atoms with Crippen LogP contribution in [0, 0.1) is 5.92 Å². The molecule has 0 fully saturated rings. The number of carbonyl (C=O) groups is 2. The molecule has 0 heterocycles. The summed E-state index contributed by atoms with van der Waals surface area (Å²) >= 11 is 0. The zero-order valence-electron chi connectivity index (χ0n) is 13.4. The van der Waals surface area contributed by atoms with Crippen molar-refractivity contribution in [2.45, 2.75) is 6.92 Å². The molecule has 0 spiro atoms. The summed E-state index contributed by atoms with van der Waals surface area (Å²) in [6.45, 7) is 1.65. The van der Waals surface area contributed by atoms with Gasteiger partial charge in [0.2, 0.25) is 0 Å². The third kappa shape index (κ3) is 3.72. The normalized spacial score (nSPS) is 12.6. The van der Waals surface area contributed by atoms with Crippen LogP contribution in [0.25, 0.3) is 11.1 Å². The maximum Gasteiger partial charge on any atom is 0.322 e. The first kappa shape index (κ1) is 16.6. The molecule has 0 radical (unpaired) electrons. The van der Waals surface area contributed by atoms with Crippen LogP contribution in [-0.2, 0) is 9.53 Å². The molecule has 1 atom stereocenters. The number of esters is 1. The minimum atomic E-state index is -0.993. The molecule has 0 saturated carbocycles. The Kier molecular flexibility index (Phi) is 5.41. The molecule has 23 heavy (non-hydrogen) atoms. The molecule has 0 amide bonds. The van der Waals surface area contributed by atoms with Crippen LogP contribution in [0.5, 0.6) is 0 Å². The van der Waals surface area contributed by atoms with Crippen molar-refractivity contribution in [1.82, 2.24) is 0 Å². The Balaban J connectivity index is 2.30. The number of aliphatic imine (C=N–C) groups is 1. The van der Waals surface area contributed by atoms with E-state index < -0.39 is 11.9 Å². The number of methoxy groups -OCH3 is 1. The van der Waals surface area contributed by atoms with Gasteiger partial charge in [0.05, 0.1) is 7.11 Å². The number of ketones is 1. The van der Waals surface area contributed by atoms with Gasteiger partial charge < -0.3 is 4.74 Å².